The molecule has 0 aliphatic carbocycles. The highest BCUT2D eigenvalue weighted by atomic mass is 35.5. The first-order valence-corrected chi connectivity index (χ1v) is 8.06. The number of rotatable bonds is 2. The van der Waals surface area contributed by atoms with Crippen LogP contribution in [0, 0.1) is 6.92 Å². The third kappa shape index (κ3) is 2.66. The minimum absolute atomic E-state index is 0.120. The minimum Gasteiger partial charge on any atom is -0.328 e. The molecular weight excluding hydrogens is 280 g/mol. The second kappa shape index (κ2) is 4.85. The van der Waals surface area contributed by atoms with Crippen LogP contribution in [-0.4, -0.2) is 31.9 Å². The van der Waals surface area contributed by atoms with Crippen LogP contribution in [0.2, 0.25) is 4.34 Å². The van der Waals surface area contributed by atoms with Gasteiger partial charge in [0.05, 0.1) is 4.34 Å². The van der Waals surface area contributed by atoms with Crippen molar-refractivity contribution in [3.8, 4) is 0 Å². The highest BCUT2D eigenvalue weighted by Crippen LogP contribution is 2.32. The molecule has 0 aromatic carbocycles. The fourth-order valence-corrected chi connectivity index (χ4v) is 5.13. The summed E-state index contributed by atoms with van der Waals surface area (Å²) in [6.45, 7) is 2.81. The molecule has 0 spiro atoms. The summed E-state index contributed by atoms with van der Waals surface area (Å²) in [5, 5.41) is 0. The highest BCUT2D eigenvalue weighted by Gasteiger charge is 2.29. The van der Waals surface area contributed by atoms with E-state index >= 15 is 0 Å². The number of nitrogens with two attached hydrogens (primary N) is 1. The number of nitrogens with zero attached hydrogens (tertiary/aromatic N) is 1. The molecule has 0 unspecified atom stereocenters. The molecule has 1 fully saturated rings. The maximum Gasteiger partial charge on any atom is 0.252 e. The smallest absolute Gasteiger partial charge is 0.252 e. The van der Waals surface area contributed by atoms with Crippen molar-refractivity contribution in [2.24, 2.45) is 5.73 Å². The summed E-state index contributed by atoms with van der Waals surface area (Å²) < 4.78 is 27.0. The standard InChI is InChI=1S/C10H15ClN2O2S2/c1-7-6-9(16-10(7)11)17(14,15)13-4-2-8(12)3-5-13/h6,8H,2-5,12H2,1H3. The average molecular weight is 295 g/mol. The van der Waals surface area contributed by atoms with Crippen LogP contribution in [0.4, 0.5) is 0 Å². The zero-order chi connectivity index (χ0) is 12.6. The van der Waals surface area contributed by atoms with E-state index in [0.29, 0.717) is 21.6 Å². The Hall–Kier alpha value is -0.140. The minimum atomic E-state index is -3.38. The second-order valence-electron chi connectivity index (χ2n) is 4.26. The second-order valence-corrected chi connectivity index (χ2v) is 8.08. The maximum absolute atomic E-state index is 12.3. The van der Waals surface area contributed by atoms with Crippen molar-refractivity contribution in [1.29, 1.82) is 0 Å². The highest BCUT2D eigenvalue weighted by molar-refractivity contribution is 7.91. The van der Waals surface area contributed by atoms with E-state index < -0.39 is 10.0 Å². The van der Waals surface area contributed by atoms with Gasteiger partial charge in [0, 0.05) is 19.1 Å². The molecule has 0 atom stereocenters. The Morgan fingerprint density at radius 1 is 1.47 bits per heavy atom. The van der Waals surface area contributed by atoms with E-state index in [2.05, 4.69) is 0 Å². The molecule has 7 heteroatoms. The summed E-state index contributed by atoms with van der Waals surface area (Å²) >= 11 is 7.03. The molecule has 1 saturated heterocycles. The van der Waals surface area contributed by atoms with Gasteiger partial charge in [0.1, 0.15) is 4.21 Å². The van der Waals surface area contributed by atoms with Crippen LogP contribution in [-0.2, 0) is 10.0 Å². The summed E-state index contributed by atoms with van der Waals surface area (Å²) in [4.78, 5) is 0. The molecule has 96 valence electrons. The maximum atomic E-state index is 12.3. The molecule has 2 N–H and O–H groups in total. The van der Waals surface area contributed by atoms with E-state index in [1.807, 2.05) is 6.92 Å². The predicted molar refractivity (Wildman–Crippen MR) is 70.0 cm³/mol. The monoisotopic (exact) mass is 294 g/mol. The molecule has 1 aromatic rings. The normalized spacial score (nSPS) is 19.7. The van der Waals surface area contributed by atoms with Gasteiger partial charge < -0.3 is 5.73 Å². The predicted octanol–water partition coefficient (Wildman–Crippen LogP) is 1.82. The molecule has 1 aliphatic rings. The van der Waals surface area contributed by atoms with Gasteiger partial charge >= 0.3 is 0 Å². The van der Waals surface area contributed by atoms with Gasteiger partial charge in [0.25, 0.3) is 10.0 Å². The van der Waals surface area contributed by atoms with E-state index in [0.717, 1.165) is 29.7 Å². The molecule has 1 aromatic heterocycles. The summed E-state index contributed by atoms with van der Waals surface area (Å²) in [5.74, 6) is 0. The summed E-state index contributed by atoms with van der Waals surface area (Å²) in [7, 11) is -3.38. The van der Waals surface area contributed by atoms with Crippen molar-refractivity contribution >= 4 is 33.0 Å². The van der Waals surface area contributed by atoms with Gasteiger partial charge in [-0.2, -0.15) is 4.31 Å². The van der Waals surface area contributed by atoms with Gasteiger partial charge in [-0.05, 0) is 31.4 Å². The number of piperidine rings is 1. The van der Waals surface area contributed by atoms with Crippen molar-refractivity contribution in [1.82, 2.24) is 4.31 Å². The third-order valence-corrected chi connectivity index (χ3v) is 6.83. The van der Waals surface area contributed by atoms with Gasteiger partial charge in [-0.15, -0.1) is 11.3 Å². The lowest BCUT2D eigenvalue weighted by Gasteiger charge is -2.28. The molecule has 2 rings (SSSR count). The number of hydrogen-bond acceptors (Lipinski definition) is 4. The molecule has 1 aliphatic heterocycles. The van der Waals surface area contributed by atoms with Crippen molar-refractivity contribution in [2.75, 3.05) is 13.1 Å². The van der Waals surface area contributed by atoms with Crippen LogP contribution in [0.1, 0.15) is 18.4 Å². The molecule has 0 amide bonds. The van der Waals surface area contributed by atoms with Crippen molar-refractivity contribution in [3.63, 3.8) is 0 Å². The van der Waals surface area contributed by atoms with E-state index in [1.165, 1.54) is 4.31 Å². The fourth-order valence-electron chi connectivity index (χ4n) is 1.80. The summed E-state index contributed by atoms with van der Waals surface area (Å²) in [5.41, 5.74) is 6.58. The SMILES string of the molecule is Cc1cc(S(=O)(=O)N2CCC(N)CC2)sc1Cl. The molecule has 0 saturated carbocycles. The van der Waals surface area contributed by atoms with Gasteiger partial charge in [0.2, 0.25) is 0 Å². The van der Waals surface area contributed by atoms with Crippen LogP contribution < -0.4 is 5.73 Å². The summed E-state index contributed by atoms with van der Waals surface area (Å²) in [6, 6.07) is 1.76. The lowest BCUT2D eigenvalue weighted by Crippen LogP contribution is -2.42. The van der Waals surface area contributed by atoms with E-state index in [1.54, 1.807) is 6.07 Å². The van der Waals surface area contributed by atoms with Gasteiger partial charge in [-0.1, -0.05) is 11.6 Å². The Morgan fingerprint density at radius 3 is 2.53 bits per heavy atom. The van der Waals surface area contributed by atoms with Crippen LogP contribution in [0.15, 0.2) is 10.3 Å². The zero-order valence-electron chi connectivity index (χ0n) is 9.52. The van der Waals surface area contributed by atoms with E-state index in [9.17, 15) is 8.42 Å². The number of thiophene rings is 1. The van der Waals surface area contributed by atoms with Gasteiger partial charge in [0.15, 0.2) is 0 Å². The first kappa shape index (κ1) is 13.3. The molecule has 4 nitrogen and oxygen atoms in total. The van der Waals surface area contributed by atoms with Crippen molar-refractivity contribution < 1.29 is 8.42 Å². The van der Waals surface area contributed by atoms with Crippen LogP contribution in [0.3, 0.4) is 0 Å². The first-order chi connectivity index (χ1) is 7.91. The molecule has 17 heavy (non-hydrogen) atoms. The zero-order valence-corrected chi connectivity index (χ0v) is 11.9. The van der Waals surface area contributed by atoms with Crippen LogP contribution in [0.25, 0.3) is 0 Å². The Bertz CT molecular complexity index is 485. The molecule has 2 heterocycles. The number of aryl methyl sites for hydroxylation is 1. The fraction of sp³-hybridized carbons (Fsp3) is 0.600. The number of halogens is 1. The Morgan fingerprint density at radius 2 is 2.06 bits per heavy atom. The molecule has 0 bridgehead atoms. The third-order valence-electron chi connectivity index (χ3n) is 2.93. The van der Waals surface area contributed by atoms with Crippen molar-refractivity contribution in [3.05, 3.63) is 16.0 Å². The Labute approximate surface area is 110 Å². The van der Waals surface area contributed by atoms with Gasteiger partial charge in [-0.25, -0.2) is 8.42 Å². The van der Waals surface area contributed by atoms with E-state index in [-0.39, 0.29) is 6.04 Å². The lowest BCUT2D eigenvalue weighted by molar-refractivity contribution is 0.320. The van der Waals surface area contributed by atoms with Crippen molar-refractivity contribution in [2.45, 2.75) is 30.0 Å². The molecular formula is C10H15ClN2O2S2. The first-order valence-electron chi connectivity index (χ1n) is 5.43. The van der Waals surface area contributed by atoms with Gasteiger partial charge in [-0.3, -0.25) is 0 Å². The topological polar surface area (TPSA) is 63.4 Å². The summed E-state index contributed by atoms with van der Waals surface area (Å²) in [6.07, 6.45) is 1.44. The Kier molecular flexibility index (Phi) is 3.80. The lowest BCUT2D eigenvalue weighted by atomic mass is 10.1. The Balaban J connectivity index is 2.24. The van der Waals surface area contributed by atoms with Crippen LogP contribution in [0.5, 0.6) is 0 Å². The number of sulfonamides is 1. The van der Waals surface area contributed by atoms with Crippen LogP contribution >= 0.6 is 22.9 Å². The quantitative estimate of drug-likeness (QED) is 0.905. The van der Waals surface area contributed by atoms with E-state index in [4.69, 9.17) is 17.3 Å². The average Bonchev–Trinajstić information content (AvgIpc) is 2.60. The number of hydrogen-bond donors (Lipinski definition) is 1. The largest absolute Gasteiger partial charge is 0.328 e. The molecule has 0 radical (unpaired) electrons.